The second-order valence-electron chi connectivity index (χ2n) is 4.84. The number of primary amides is 1. The summed E-state index contributed by atoms with van der Waals surface area (Å²) in [4.78, 5) is 34.5. The number of carbonyl (C=O) groups excluding carboxylic acids is 3. The summed E-state index contributed by atoms with van der Waals surface area (Å²) >= 11 is 0.839. The minimum Gasteiger partial charge on any atom is -0.373 e. The molecule has 0 saturated carbocycles. The summed E-state index contributed by atoms with van der Waals surface area (Å²) < 4.78 is 42.9. The van der Waals surface area contributed by atoms with Gasteiger partial charge in [0.25, 0.3) is 0 Å². The lowest BCUT2D eigenvalue weighted by atomic mass is 10.1. The van der Waals surface area contributed by atoms with Gasteiger partial charge in [0, 0.05) is 11.9 Å². The Kier molecular flexibility index (Phi) is 5.50. The van der Waals surface area contributed by atoms with Crippen molar-refractivity contribution >= 4 is 34.4 Å². The van der Waals surface area contributed by atoms with Gasteiger partial charge in [-0.3, -0.25) is 5.32 Å². The Morgan fingerprint density at radius 2 is 1.88 bits per heavy atom. The number of benzene rings is 1. The van der Waals surface area contributed by atoms with Crippen molar-refractivity contribution < 1.29 is 32.3 Å². The van der Waals surface area contributed by atoms with Crippen LogP contribution in [-0.2, 0) is 10.9 Å². The Morgan fingerprint density at radius 1 is 1.19 bits per heavy atom. The summed E-state index contributed by atoms with van der Waals surface area (Å²) in [6.07, 6.45) is -5.89. The number of carbonyl (C=O) groups is 3. The molecule has 0 aliphatic rings. The van der Waals surface area contributed by atoms with Gasteiger partial charge in [0.2, 0.25) is 0 Å². The molecular formula is C15H12F3N3O4S. The van der Waals surface area contributed by atoms with Crippen molar-refractivity contribution in [2.24, 2.45) is 5.73 Å². The molecule has 2 aromatic rings. The van der Waals surface area contributed by atoms with E-state index in [2.05, 4.69) is 15.4 Å². The van der Waals surface area contributed by atoms with Crippen LogP contribution in [0, 0.1) is 0 Å². The van der Waals surface area contributed by atoms with Crippen molar-refractivity contribution in [3.63, 3.8) is 0 Å². The Balaban J connectivity index is 2.48. The van der Waals surface area contributed by atoms with Crippen molar-refractivity contribution in [3.8, 4) is 10.4 Å². The van der Waals surface area contributed by atoms with Crippen LogP contribution in [0.15, 0.2) is 30.3 Å². The van der Waals surface area contributed by atoms with Gasteiger partial charge in [-0.05, 0) is 23.8 Å². The highest BCUT2D eigenvalue weighted by Crippen LogP contribution is 2.38. The summed E-state index contributed by atoms with van der Waals surface area (Å²) in [7, 11) is 1.33. The molecule has 1 aromatic carbocycles. The molecule has 0 unspecified atom stereocenters. The number of thiophene rings is 1. The predicted octanol–water partition coefficient (Wildman–Crippen LogP) is 3.42. The molecule has 0 radical (unpaired) electrons. The molecule has 4 N–H and O–H groups in total. The van der Waals surface area contributed by atoms with Gasteiger partial charge in [0.15, 0.2) is 0 Å². The molecule has 0 fully saturated rings. The topological polar surface area (TPSA) is 111 Å². The Morgan fingerprint density at radius 3 is 2.46 bits per heavy atom. The minimum atomic E-state index is -4.54. The highest BCUT2D eigenvalue weighted by Gasteiger charge is 2.31. The van der Waals surface area contributed by atoms with E-state index in [1.54, 1.807) is 0 Å². The van der Waals surface area contributed by atoms with E-state index < -0.39 is 29.8 Å². The molecule has 0 atom stereocenters. The monoisotopic (exact) mass is 387 g/mol. The zero-order valence-electron chi connectivity index (χ0n) is 13.1. The van der Waals surface area contributed by atoms with E-state index in [9.17, 15) is 27.6 Å². The van der Waals surface area contributed by atoms with Crippen LogP contribution in [-0.4, -0.2) is 25.1 Å². The quantitative estimate of drug-likeness (QED) is 0.554. The van der Waals surface area contributed by atoms with Gasteiger partial charge in [-0.25, -0.2) is 14.4 Å². The van der Waals surface area contributed by atoms with E-state index in [4.69, 9.17) is 5.73 Å². The molecule has 0 aliphatic carbocycles. The number of alkyl halides is 3. The molecule has 0 saturated heterocycles. The van der Waals surface area contributed by atoms with Crippen molar-refractivity contribution in [1.82, 2.24) is 5.32 Å². The second-order valence-corrected chi connectivity index (χ2v) is 5.90. The number of nitrogens with one attached hydrogen (secondary N) is 2. The fraction of sp³-hybridized carbons (Fsp3) is 0.133. The highest BCUT2D eigenvalue weighted by atomic mass is 32.1. The van der Waals surface area contributed by atoms with Crippen molar-refractivity contribution in [3.05, 3.63) is 41.5 Å². The number of nitrogens with two attached hydrogens (primary N) is 1. The van der Waals surface area contributed by atoms with E-state index in [1.807, 2.05) is 0 Å². The maximum atomic E-state index is 12.9. The maximum absolute atomic E-state index is 12.9. The number of esters is 1. The van der Waals surface area contributed by atoms with Crippen LogP contribution in [0.3, 0.4) is 0 Å². The van der Waals surface area contributed by atoms with Crippen LogP contribution in [0.4, 0.5) is 27.8 Å². The first-order valence-electron chi connectivity index (χ1n) is 6.93. The molecule has 2 rings (SSSR count). The van der Waals surface area contributed by atoms with Gasteiger partial charge in [-0.2, -0.15) is 13.2 Å². The number of hydrogen-bond donors (Lipinski definition) is 3. The van der Waals surface area contributed by atoms with Crippen LogP contribution in [0.25, 0.3) is 10.4 Å². The Labute approximate surface area is 148 Å². The number of rotatable bonds is 3. The highest BCUT2D eigenvalue weighted by molar-refractivity contribution is 7.20. The van der Waals surface area contributed by atoms with E-state index in [-0.39, 0.29) is 21.0 Å². The Bertz CT molecular complexity index is 864. The molecule has 0 aliphatic heterocycles. The number of anilines is 1. The largest absolute Gasteiger partial charge is 0.416 e. The standard InChI is InChI=1S/C15H12F3N3O4S/c1-20-14(24)21-11-9(12(22)25-13(19)23)6-10(26-11)7-3-2-4-8(5-7)15(16,17)18/h2-6H,1H3,(H2,19,23)(H2,20,21,24). The van der Waals surface area contributed by atoms with E-state index in [1.165, 1.54) is 25.2 Å². The van der Waals surface area contributed by atoms with E-state index >= 15 is 0 Å². The van der Waals surface area contributed by atoms with Gasteiger partial charge in [-0.1, -0.05) is 12.1 Å². The smallest absolute Gasteiger partial charge is 0.373 e. The van der Waals surface area contributed by atoms with Gasteiger partial charge in [0.05, 0.1) is 11.1 Å². The first kappa shape index (κ1) is 19.2. The van der Waals surface area contributed by atoms with Crippen LogP contribution in [0.2, 0.25) is 0 Å². The normalized spacial score (nSPS) is 10.9. The third kappa shape index (κ3) is 4.51. The number of urea groups is 1. The van der Waals surface area contributed by atoms with Crippen LogP contribution < -0.4 is 16.4 Å². The number of halogens is 3. The lowest BCUT2D eigenvalue weighted by molar-refractivity contribution is -0.137. The summed E-state index contributed by atoms with van der Waals surface area (Å²) in [6.45, 7) is 0. The first-order valence-corrected chi connectivity index (χ1v) is 7.75. The van der Waals surface area contributed by atoms with Gasteiger partial charge in [-0.15, -0.1) is 11.3 Å². The average molecular weight is 387 g/mol. The van der Waals surface area contributed by atoms with Crippen LogP contribution in [0.5, 0.6) is 0 Å². The molecule has 11 heteroatoms. The zero-order chi connectivity index (χ0) is 19.5. The van der Waals surface area contributed by atoms with Crippen LogP contribution in [0.1, 0.15) is 15.9 Å². The third-order valence-corrected chi connectivity index (χ3v) is 4.17. The lowest BCUT2D eigenvalue weighted by Gasteiger charge is -2.07. The molecular weight excluding hydrogens is 375 g/mol. The summed E-state index contributed by atoms with van der Waals surface area (Å²) in [5.74, 6) is -1.14. The molecule has 1 heterocycles. The fourth-order valence-electron chi connectivity index (χ4n) is 1.94. The Hall–Kier alpha value is -3.08. The zero-order valence-corrected chi connectivity index (χ0v) is 14.0. The van der Waals surface area contributed by atoms with Gasteiger partial charge < -0.3 is 15.8 Å². The van der Waals surface area contributed by atoms with Crippen LogP contribution >= 0.6 is 11.3 Å². The summed E-state index contributed by atoms with van der Waals surface area (Å²) in [5.41, 5.74) is 3.87. The molecule has 7 nitrogen and oxygen atoms in total. The molecule has 138 valence electrons. The molecule has 3 amide bonds. The van der Waals surface area contributed by atoms with E-state index in [0.29, 0.717) is 0 Å². The number of hydrogen-bond acceptors (Lipinski definition) is 5. The predicted molar refractivity (Wildman–Crippen MR) is 87.8 cm³/mol. The minimum absolute atomic E-state index is 0.0111. The second kappa shape index (κ2) is 7.44. The fourth-order valence-corrected chi connectivity index (χ4v) is 2.98. The van der Waals surface area contributed by atoms with E-state index in [0.717, 1.165) is 23.5 Å². The summed E-state index contributed by atoms with van der Waals surface area (Å²) in [6, 6.07) is 4.97. The molecule has 1 aromatic heterocycles. The van der Waals surface area contributed by atoms with Gasteiger partial charge >= 0.3 is 24.3 Å². The lowest BCUT2D eigenvalue weighted by Crippen LogP contribution is -2.25. The first-order chi connectivity index (χ1) is 12.1. The van der Waals surface area contributed by atoms with Crippen molar-refractivity contribution in [1.29, 1.82) is 0 Å². The SMILES string of the molecule is CNC(=O)Nc1sc(-c2cccc(C(F)(F)F)c2)cc1C(=O)OC(N)=O. The number of ether oxygens (including phenoxy) is 1. The maximum Gasteiger partial charge on any atom is 0.416 e. The van der Waals surface area contributed by atoms with Crippen molar-refractivity contribution in [2.75, 3.05) is 12.4 Å². The van der Waals surface area contributed by atoms with Crippen molar-refractivity contribution in [2.45, 2.75) is 6.18 Å². The molecule has 0 spiro atoms. The third-order valence-electron chi connectivity index (χ3n) is 3.07. The molecule has 26 heavy (non-hydrogen) atoms. The summed E-state index contributed by atoms with van der Waals surface area (Å²) in [5, 5.41) is 4.59. The number of amides is 3. The average Bonchev–Trinajstić information content (AvgIpc) is 2.97. The molecule has 0 bridgehead atoms. The van der Waals surface area contributed by atoms with Gasteiger partial charge in [0.1, 0.15) is 5.00 Å².